The van der Waals surface area contributed by atoms with Crippen molar-refractivity contribution in [1.29, 1.82) is 0 Å². The average Bonchev–Trinajstić information content (AvgIpc) is 2.85. The summed E-state index contributed by atoms with van der Waals surface area (Å²) in [6.45, 7) is 4.75. The highest BCUT2D eigenvalue weighted by atomic mass is 35.5. The molecule has 0 atom stereocenters. The number of halogens is 2. The Morgan fingerprint density at radius 1 is 1.21 bits per heavy atom. The molecule has 2 heterocycles. The van der Waals surface area contributed by atoms with Gasteiger partial charge >= 0.3 is 5.69 Å². The van der Waals surface area contributed by atoms with Crippen LogP contribution < -0.4 is 5.69 Å². The maximum atomic E-state index is 12.4. The van der Waals surface area contributed by atoms with E-state index in [2.05, 4.69) is 16.9 Å². The predicted octanol–water partition coefficient (Wildman–Crippen LogP) is 5.20. The van der Waals surface area contributed by atoms with E-state index in [1.165, 1.54) is 0 Å². The number of fused-ring (bicyclic) bond motifs is 1. The van der Waals surface area contributed by atoms with Crippen LogP contribution in [0.15, 0.2) is 29.2 Å². The minimum atomic E-state index is -0.166. The molecule has 0 unspecified atom stereocenters. The fourth-order valence-corrected chi connectivity index (χ4v) is 3.49. The number of nitrogens with zero attached hydrogens (tertiary/aromatic N) is 2. The van der Waals surface area contributed by atoms with Gasteiger partial charge in [0.05, 0.1) is 10.5 Å². The Labute approximate surface area is 150 Å². The standard InChI is InChI=1S/C18H19Cl2N3O/c1-3-4-5-8-23-16-15(12-7-6-11(2)9-13(12)19)14(20)10-21-17(16)22-18(23)24/h6-7,9-10H,3-5,8H2,1-2H3,(H,21,22,24). The van der Waals surface area contributed by atoms with Crippen molar-refractivity contribution in [3.05, 3.63) is 50.5 Å². The highest BCUT2D eigenvalue weighted by Crippen LogP contribution is 2.37. The van der Waals surface area contributed by atoms with E-state index in [0.717, 1.165) is 36.0 Å². The van der Waals surface area contributed by atoms with E-state index in [1.807, 2.05) is 25.1 Å². The Hall–Kier alpha value is -1.78. The van der Waals surface area contributed by atoms with Crippen LogP contribution in [0.2, 0.25) is 10.0 Å². The number of hydrogen-bond acceptors (Lipinski definition) is 2. The highest BCUT2D eigenvalue weighted by Gasteiger charge is 2.18. The first-order valence-corrected chi connectivity index (χ1v) is 8.82. The third-order valence-electron chi connectivity index (χ3n) is 4.13. The van der Waals surface area contributed by atoms with E-state index in [9.17, 15) is 4.79 Å². The lowest BCUT2D eigenvalue weighted by Gasteiger charge is -2.11. The van der Waals surface area contributed by atoms with Crippen molar-refractivity contribution < 1.29 is 0 Å². The van der Waals surface area contributed by atoms with Gasteiger partial charge in [-0.25, -0.2) is 9.78 Å². The summed E-state index contributed by atoms with van der Waals surface area (Å²) in [4.78, 5) is 19.4. The SMILES string of the molecule is CCCCCn1c(=O)[nH]c2ncc(Cl)c(-c3ccc(C)cc3Cl)c21. The van der Waals surface area contributed by atoms with Gasteiger partial charge in [-0.2, -0.15) is 0 Å². The molecule has 0 bridgehead atoms. The van der Waals surface area contributed by atoms with Crippen LogP contribution in [0.5, 0.6) is 0 Å². The van der Waals surface area contributed by atoms with Gasteiger partial charge in [0, 0.05) is 28.9 Å². The molecule has 0 amide bonds. The Balaban J connectivity index is 2.26. The zero-order chi connectivity index (χ0) is 17.3. The molecule has 0 aliphatic rings. The summed E-state index contributed by atoms with van der Waals surface area (Å²) in [5.41, 5.74) is 3.71. The second-order valence-corrected chi connectivity index (χ2v) is 6.76. The molecular weight excluding hydrogens is 345 g/mol. The van der Waals surface area contributed by atoms with E-state index >= 15 is 0 Å². The lowest BCUT2D eigenvalue weighted by Crippen LogP contribution is -2.17. The van der Waals surface area contributed by atoms with Crippen molar-refractivity contribution in [1.82, 2.24) is 14.5 Å². The summed E-state index contributed by atoms with van der Waals surface area (Å²) >= 11 is 12.9. The van der Waals surface area contributed by atoms with Crippen molar-refractivity contribution in [3.8, 4) is 11.1 Å². The predicted molar refractivity (Wildman–Crippen MR) is 100 cm³/mol. The van der Waals surface area contributed by atoms with Crippen molar-refractivity contribution in [3.63, 3.8) is 0 Å². The fourth-order valence-electron chi connectivity index (χ4n) is 2.92. The molecule has 0 radical (unpaired) electrons. The second kappa shape index (κ2) is 6.99. The maximum Gasteiger partial charge on any atom is 0.327 e. The monoisotopic (exact) mass is 363 g/mol. The topological polar surface area (TPSA) is 50.7 Å². The molecule has 0 saturated heterocycles. The smallest absolute Gasteiger partial charge is 0.290 e. The average molecular weight is 364 g/mol. The van der Waals surface area contributed by atoms with Crippen molar-refractivity contribution in [2.75, 3.05) is 0 Å². The molecule has 1 aromatic carbocycles. The number of aromatic nitrogens is 3. The Morgan fingerprint density at radius 3 is 2.71 bits per heavy atom. The third kappa shape index (κ3) is 3.08. The van der Waals surface area contributed by atoms with Gasteiger partial charge in [-0.3, -0.25) is 9.55 Å². The van der Waals surface area contributed by atoms with Gasteiger partial charge in [-0.15, -0.1) is 0 Å². The van der Waals surface area contributed by atoms with Crippen LogP contribution >= 0.6 is 23.2 Å². The van der Waals surface area contributed by atoms with Crippen LogP contribution in [0.4, 0.5) is 0 Å². The number of benzene rings is 1. The molecule has 0 fully saturated rings. The summed E-state index contributed by atoms with van der Waals surface area (Å²) in [5, 5.41) is 1.09. The fraction of sp³-hybridized carbons (Fsp3) is 0.333. The summed E-state index contributed by atoms with van der Waals surface area (Å²) in [5.74, 6) is 0. The van der Waals surface area contributed by atoms with Gasteiger partial charge < -0.3 is 0 Å². The number of imidazole rings is 1. The van der Waals surface area contributed by atoms with Gasteiger partial charge in [0.15, 0.2) is 5.65 Å². The summed E-state index contributed by atoms with van der Waals surface area (Å²) in [6.07, 6.45) is 4.64. The van der Waals surface area contributed by atoms with Gasteiger partial charge in [0.2, 0.25) is 0 Å². The number of unbranched alkanes of at least 4 members (excludes halogenated alkanes) is 2. The first kappa shape index (κ1) is 17.1. The van der Waals surface area contributed by atoms with Crippen LogP contribution in [0.3, 0.4) is 0 Å². The van der Waals surface area contributed by atoms with E-state index in [1.54, 1.807) is 10.8 Å². The van der Waals surface area contributed by atoms with Crippen molar-refractivity contribution in [2.45, 2.75) is 39.7 Å². The van der Waals surface area contributed by atoms with Crippen molar-refractivity contribution in [2.24, 2.45) is 0 Å². The lowest BCUT2D eigenvalue weighted by molar-refractivity contribution is 0.601. The molecule has 0 saturated carbocycles. The number of hydrogen-bond donors (Lipinski definition) is 1. The molecular formula is C18H19Cl2N3O. The normalized spacial score (nSPS) is 11.3. The summed E-state index contributed by atoms with van der Waals surface area (Å²) in [6, 6.07) is 5.81. The lowest BCUT2D eigenvalue weighted by atomic mass is 10.0. The zero-order valence-corrected chi connectivity index (χ0v) is 15.2. The first-order valence-electron chi connectivity index (χ1n) is 8.06. The van der Waals surface area contributed by atoms with Gasteiger partial charge in [0.25, 0.3) is 0 Å². The summed E-state index contributed by atoms with van der Waals surface area (Å²) in [7, 11) is 0. The number of nitrogens with one attached hydrogen (secondary N) is 1. The van der Waals surface area contributed by atoms with E-state index in [0.29, 0.717) is 27.8 Å². The highest BCUT2D eigenvalue weighted by molar-refractivity contribution is 6.37. The third-order valence-corrected chi connectivity index (χ3v) is 4.73. The van der Waals surface area contributed by atoms with Crippen LogP contribution in [-0.2, 0) is 6.54 Å². The number of aromatic amines is 1. The Kier molecular flexibility index (Phi) is 4.97. The molecule has 0 aliphatic heterocycles. The molecule has 3 aromatic rings. The van der Waals surface area contributed by atoms with E-state index < -0.39 is 0 Å². The van der Waals surface area contributed by atoms with E-state index in [4.69, 9.17) is 23.2 Å². The zero-order valence-electron chi connectivity index (χ0n) is 13.7. The molecule has 3 rings (SSSR count). The van der Waals surface area contributed by atoms with Crippen LogP contribution in [0, 0.1) is 6.92 Å². The van der Waals surface area contributed by atoms with Crippen molar-refractivity contribution >= 4 is 34.4 Å². The second-order valence-electron chi connectivity index (χ2n) is 5.95. The van der Waals surface area contributed by atoms with Gasteiger partial charge in [-0.1, -0.05) is 55.1 Å². The van der Waals surface area contributed by atoms with Crippen LogP contribution in [0.1, 0.15) is 31.7 Å². The Morgan fingerprint density at radius 2 is 2.00 bits per heavy atom. The molecule has 0 spiro atoms. The molecule has 126 valence electrons. The first-order chi connectivity index (χ1) is 11.5. The van der Waals surface area contributed by atoms with Gasteiger partial charge in [0.1, 0.15) is 0 Å². The number of rotatable bonds is 5. The number of H-pyrrole nitrogens is 1. The minimum absolute atomic E-state index is 0.166. The maximum absolute atomic E-state index is 12.4. The quantitative estimate of drug-likeness (QED) is 0.633. The molecule has 4 nitrogen and oxygen atoms in total. The number of pyridine rings is 1. The summed E-state index contributed by atoms with van der Waals surface area (Å²) < 4.78 is 1.72. The largest absolute Gasteiger partial charge is 0.327 e. The molecule has 24 heavy (non-hydrogen) atoms. The van der Waals surface area contributed by atoms with Crippen LogP contribution in [-0.4, -0.2) is 14.5 Å². The molecule has 2 aromatic heterocycles. The van der Waals surface area contributed by atoms with Crippen LogP contribution in [0.25, 0.3) is 22.3 Å². The molecule has 6 heteroatoms. The van der Waals surface area contributed by atoms with E-state index in [-0.39, 0.29) is 5.69 Å². The molecule has 1 N–H and O–H groups in total. The van der Waals surface area contributed by atoms with Gasteiger partial charge in [-0.05, 0) is 25.0 Å². The molecule has 0 aliphatic carbocycles. The minimum Gasteiger partial charge on any atom is -0.290 e. The Bertz CT molecular complexity index is 943. The number of aryl methyl sites for hydroxylation is 2.